The standard InChI is InChI=1S/C22H16ClF2N3O2/c1-11(12-2-4-14(24)5-3-12)6-19-16(22(29)30)8-18(25)20(28-19)17-10-27-21-15(17)7-13(23)9-26-21/h2-5,7-11H,6H2,1H3,(H,26,27)(H,29,30)/t11-/m1/s1. The summed E-state index contributed by atoms with van der Waals surface area (Å²) in [6.45, 7) is 1.87. The van der Waals surface area contributed by atoms with E-state index >= 15 is 0 Å². The fourth-order valence-electron chi connectivity index (χ4n) is 3.43. The molecular formula is C22H16ClF2N3O2. The smallest absolute Gasteiger partial charge is 0.337 e. The van der Waals surface area contributed by atoms with Gasteiger partial charge in [-0.25, -0.2) is 23.5 Å². The summed E-state index contributed by atoms with van der Waals surface area (Å²) in [5.41, 5.74) is 1.81. The van der Waals surface area contributed by atoms with Gasteiger partial charge >= 0.3 is 5.97 Å². The van der Waals surface area contributed by atoms with Crippen LogP contribution in [0.5, 0.6) is 0 Å². The molecule has 3 heterocycles. The van der Waals surface area contributed by atoms with Crippen molar-refractivity contribution in [3.8, 4) is 11.3 Å². The van der Waals surface area contributed by atoms with Gasteiger partial charge < -0.3 is 10.1 Å². The fraction of sp³-hybridized carbons (Fsp3) is 0.136. The maximum Gasteiger partial charge on any atom is 0.337 e. The number of hydrogen-bond acceptors (Lipinski definition) is 3. The Labute approximate surface area is 175 Å². The highest BCUT2D eigenvalue weighted by Crippen LogP contribution is 2.32. The summed E-state index contributed by atoms with van der Waals surface area (Å²) in [4.78, 5) is 23.2. The number of benzene rings is 1. The molecule has 152 valence electrons. The lowest BCUT2D eigenvalue weighted by molar-refractivity contribution is 0.0694. The van der Waals surface area contributed by atoms with Crippen LogP contribution in [-0.4, -0.2) is 26.0 Å². The maximum absolute atomic E-state index is 14.9. The number of carboxylic acid groups (broad SMARTS) is 1. The van der Waals surface area contributed by atoms with Crippen LogP contribution in [0.2, 0.25) is 5.02 Å². The number of fused-ring (bicyclic) bond motifs is 1. The van der Waals surface area contributed by atoms with Crippen LogP contribution in [0.3, 0.4) is 0 Å². The van der Waals surface area contributed by atoms with Crippen molar-refractivity contribution in [1.29, 1.82) is 0 Å². The zero-order chi connectivity index (χ0) is 21.4. The van der Waals surface area contributed by atoms with E-state index in [0.29, 0.717) is 21.6 Å². The number of H-pyrrole nitrogens is 1. The summed E-state index contributed by atoms with van der Waals surface area (Å²) in [6.07, 6.45) is 3.27. The molecule has 0 aliphatic carbocycles. The van der Waals surface area contributed by atoms with Crippen molar-refractivity contribution in [3.63, 3.8) is 0 Å². The van der Waals surface area contributed by atoms with Crippen molar-refractivity contribution in [2.24, 2.45) is 0 Å². The van der Waals surface area contributed by atoms with Crippen molar-refractivity contribution in [1.82, 2.24) is 15.0 Å². The summed E-state index contributed by atoms with van der Waals surface area (Å²) in [7, 11) is 0. The largest absolute Gasteiger partial charge is 0.478 e. The second-order valence-electron chi connectivity index (χ2n) is 7.03. The van der Waals surface area contributed by atoms with Crippen molar-refractivity contribution >= 4 is 28.6 Å². The van der Waals surface area contributed by atoms with Gasteiger partial charge in [0.1, 0.15) is 23.0 Å². The van der Waals surface area contributed by atoms with Gasteiger partial charge in [0.05, 0.1) is 16.3 Å². The van der Waals surface area contributed by atoms with E-state index in [9.17, 15) is 18.7 Å². The van der Waals surface area contributed by atoms with E-state index in [4.69, 9.17) is 11.6 Å². The van der Waals surface area contributed by atoms with E-state index in [1.165, 1.54) is 18.3 Å². The van der Waals surface area contributed by atoms with Gasteiger partial charge in [0.15, 0.2) is 0 Å². The molecule has 1 atom stereocenters. The molecule has 0 unspecified atom stereocenters. The molecule has 2 N–H and O–H groups in total. The molecule has 8 heteroatoms. The molecule has 0 aliphatic rings. The lowest BCUT2D eigenvalue weighted by Gasteiger charge is -2.15. The molecule has 0 aliphatic heterocycles. The Morgan fingerprint density at radius 3 is 2.67 bits per heavy atom. The Balaban J connectivity index is 1.80. The van der Waals surface area contributed by atoms with Crippen LogP contribution in [0.1, 0.15) is 34.5 Å². The van der Waals surface area contributed by atoms with Crippen LogP contribution in [-0.2, 0) is 6.42 Å². The van der Waals surface area contributed by atoms with Gasteiger partial charge in [0, 0.05) is 23.3 Å². The Kier molecular flexibility index (Phi) is 5.22. The number of aromatic nitrogens is 3. The molecule has 30 heavy (non-hydrogen) atoms. The molecule has 5 nitrogen and oxygen atoms in total. The fourth-order valence-corrected chi connectivity index (χ4v) is 3.59. The number of carbonyl (C=O) groups is 1. The van der Waals surface area contributed by atoms with Gasteiger partial charge in [-0.15, -0.1) is 0 Å². The maximum atomic E-state index is 14.9. The molecule has 1 aromatic carbocycles. The van der Waals surface area contributed by atoms with Crippen LogP contribution in [0.15, 0.2) is 48.8 Å². The van der Waals surface area contributed by atoms with Crippen molar-refractivity contribution < 1.29 is 18.7 Å². The Hall–Kier alpha value is -3.32. The Morgan fingerprint density at radius 2 is 1.97 bits per heavy atom. The third-order valence-corrected chi connectivity index (χ3v) is 5.18. The van der Waals surface area contributed by atoms with Crippen LogP contribution in [0.25, 0.3) is 22.3 Å². The third-order valence-electron chi connectivity index (χ3n) is 4.98. The highest BCUT2D eigenvalue weighted by Gasteiger charge is 2.22. The number of hydrogen-bond donors (Lipinski definition) is 2. The van der Waals surface area contributed by atoms with Crippen LogP contribution < -0.4 is 0 Å². The molecule has 0 spiro atoms. The SMILES string of the molecule is C[C@H](Cc1nc(-c2c[nH]c3ncc(Cl)cc23)c(F)cc1C(=O)O)c1ccc(F)cc1. The molecule has 0 amide bonds. The topological polar surface area (TPSA) is 78.9 Å². The number of aromatic amines is 1. The van der Waals surface area contributed by atoms with Crippen LogP contribution in [0.4, 0.5) is 8.78 Å². The van der Waals surface area contributed by atoms with E-state index in [2.05, 4.69) is 15.0 Å². The lowest BCUT2D eigenvalue weighted by atomic mass is 9.93. The molecule has 0 saturated heterocycles. The van der Waals surface area contributed by atoms with E-state index in [1.54, 1.807) is 24.4 Å². The number of halogens is 3. The quantitative estimate of drug-likeness (QED) is 0.434. The van der Waals surface area contributed by atoms with E-state index in [-0.39, 0.29) is 35.1 Å². The third kappa shape index (κ3) is 3.76. The second-order valence-corrected chi connectivity index (χ2v) is 7.46. The molecule has 0 bridgehead atoms. The Bertz CT molecular complexity index is 1260. The highest BCUT2D eigenvalue weighted by atomic mass is 35.5. The van der Waals surface area contributed by atoms with Gasteiger partial charge in [-0.05, 0) is 42.2 Å². The van der Waals surface area contributed by atoms with E-state index < -0.39 is 11.8 Å². The zero-order valence-corrected chi connectivity index (χ0v) is 16.5. The number of nitrogens with one attached hydrogen (secondary N) is 1. The van der Waals surface area contributed by atoms with E-state index in [1.807, 2.05) is 6.92 Å². The lowest BCUT2D eigenvalue weighted by Crippen LogP contribution is -2.11. The average Bonchev–Trinajstić information content (AvgIpc) is 3.12. The summed E-state index contributed by atoms with van der Waals surface area (Å²) >= 11 is 6.03. The van der Waals surface area contributed by atoms with Gasteiger partial charge in [-0.1, -0.05) is 30.7 Å². The number of rotatable bonds is 5. The van der Waals surface area contributed by atoms with Gasteiger partial charge in [-0.3, -0.25) is 0 Å². The van der Waals surface area contributed by atoms with Crippen LogP contribution in [0, 0.1) is 11.6 Å². The molecule has 4 aromatic rings. The molecule has 4 rings (SSSR count). The number of pyridine rings is 2. The van der Waals surface area contributed by atoms with Crippen molar-refractivity contribution in [2.75, 3.05) is 0 Å². The number of nitrogens with zero attached hydrogens (tertiary/aromatic N) is 2. The monoisotopic (exact) mass is 427 g/mol. The zero-order valence-electron chi connectivity index (χ0n) is 15.8. The summed E-state index contributed by atoms with van der Waals surface area (Å²) in [5.74, 6) is -2.54. The highest BCUT2D eigenvalue weighted by molar-refractivity contribution is 6.31. The minimum atomic E-state index is -1.27. The normalized spacial score (nSPS) is 12.3. The summed E-state index contributed by atoms with van der Waals surface area (Å²) in [6, 6.07) is 8.58. The van der Waals surface area contributed by atoms with Gasteiger partial charge in [0.2, 0.25) is 0 Å². The Morgan fingerprint density at radius 1 is 1.23 bits per heavy atom. The number of aromatic carboxylic acids is 1. The first-order valence-electron chi connectivity index (χ1n) is 9.14. The molecule has 3 aromatic heterocycles. The van der Waals surface area contributed by atoms with Crippen LogP contribution >= 0.6 is 11.6 Å². The summed E-state index contributed by atoms with van der Waals surface area (Å²) < 4.78 is 28.1. The van der Waals surface area contributed by atoms with Crippen molar-refractivity contribution in [3.05, 3.63) is 82.3 Å². The molecule has 0 saturated carbocycles. The predicted molar refractivity (Wildman–Crippen MR) is 110 cm³/mol. The summed E-state index contributed by atoms with van der Waals surface area (Å²) in [5, 5.41) is 10.5. The molecule has 0 fully saturated rings. The second kappa shape index (κ2) is 7.84. The van der Waals surface area contributed by atoms with Gasteiger partial charge in [0.25, 0.3) is 0 Å². The average molecular weight is 428 g/mol. The predicted octanol–water partition coefficient (Wildman–Crippen LogP) is 5.60. The first kappa shape index (κ1) is 20.0. The first-order chi connectivity index (χ1) is 14.3. The van der Waals surface area contributed by atoms with E-state index in [0.717, 1.165) is 11.6 Å². The molecule has 0 radical (unpaired) electrons. The van der Waals surface area contributed by atoms with Crippen molar-refractivity contribution in [2.45, 2.75) is 19.3 Å². The molecular weight excluding hydrogens is 412 g/mol. The minimum Gasteiger partial charge on any atom is -0.478 e. The minimum absolute atomic E-state index is 0.0108. The number of carboxylic acids is 1. The van der Waals surface area contributed by atoms with Gasteiger partial charge in [-0.2, -0.15) is 0 Å². The first-order valence-corrected chi connectivity index (χ1v) is 9.52.